The molecule has 20 heavy (non-hydrogen) atoms. The van der Waals surface area contributed by atoms with E-state index in [2.05, 4.69) is 23.5 Å². The van der Waals surface area contributed by atoms with Crippen molar-refractivity contribution in [2.75, 3.05) is 5.32 Å². The fourth-order valence-electron chi connectivity index (χ4n) is 4.73. The molecule has 0 spiro atoms. The molecule has 0 unspecified atom stereocenters. The summed E-state index contributed by atoms with van der Waals surface area (Å²) in [5, 5.41) is 3.12. The lowest BCUT2D eigenvalue weighted by Crippen LogP contribution is -2.20. The fourth-order valence-corrected chi connectivity index (χ4v) is 4.73. The van der Waals surface area contributed by atoms with Crippen LogP contribution in [0.4, 0.5) is 5.69 Å². The third-order valence-corrected chi connectivity index (χ3v) is 5.71. The van der Waals surface area contributed by atoms with Crippen molar-refractivity contribution >= 4 is 11.6 Å². The van der Waals surface area contributed by atoms with Crippen LogP contribution in [0.5, 0.6) is 0 Å². The van der Waals surface area contributed by atoms with Crippen LogP contribution >= 0.6 is 0 Å². The van der Waals surface area contributed by atoms with Gasteiger partial charge in [-0.05, 0) is 79.5 Å². The van der Waals surface area contributed by atoms with Gasteiger partial charge in [-0.2, -0.15) is 0 Å². The molecule has 1 amide bonds. The predicted molar refractivity (Wildman–Crippen MR) is 80.7 cm³/mol. The molecule has 0 heterocycles. The van der Waals surface area contributed by atoms with Crippen molar-refractivity contribution in [2.45, 2.75) is 51.4 Å². The van der Waals surface area contributed by atoms with Crippen molar-refractivity contribution in [3.8, 4) is 0 Å². The van der Waals surface area contributed by atoms with E-state index in [1.807, 2.05) is 0 Å². The summed E-state index contributed by atoms with van der Waals surface area (Å²) in [5.74, 6) is 2.65. The number of carbonyl (C=O) groups excluding carboxylic acids is 1. The highest BCUT2D eigenvalue weighted by Gasteiger charge is 2.40. The Labute approximate surface area is 121 Å². The standard InChI is InChI=1S/C18H23NO/c20-18(11-16-9-12-4-5-15(16)8-12)19-17-7-6-13-2-1-3-14(13)10-17/h6-7,10,12,15-16H,1-5,8-9,11H2,(H,19,20)/t12-,15+,16+/m0/s1. The highest BCUT2D eigenvalue weighted by atomic mass is 16.1. The summed E-state index contributed by atoms with van der Waals surface area (Å²) < 4.78 is 0. The largest absolute Gasteiger partial charge is 0.326 e. The van der Waals surface area contributed by atoms with Crippen molar-refractivity contribution < 1.29 is 4.79 Å². The number of benzene rings is 1. The maximum Gasteiger partial charge on any atom is 0.224 e. The number of hydrogen-bond acceptors (Lipinski definition) is 1. The molecule has 2 fully saturated rings. The Morgan fingerprint density at radius 1 is 1.15 bits per heavy atom. The number of rotatable bonds is 3. The molecule has 1 aromatic carbocycles. The second kappa shape index (κ2) is 4.91. The van der Waals surface area contributed by atoms with Crippen LogP contribution in [0.25, 0.3) is 0 Å². The molecule has 3 aliphatic rings. The van der Waals surface area contributed by atoms with Crippen LogP contribution in [0.3, 0.4) is 0 Å². The topological polar surface area (TPSA) is 29.1 Å². The van der Waals surface area contributed by atoms with E-state index in [1.165, 1.54) is 56.1 Å². The Balaban J connectivity index is 1.38. The Morgan fingerprint density at radius 2 is 2.05 bits per heavy atom. The molecule has 0 radical (unpaired) electrons. The van der Waals surface area contributed by atoms with E-state index in [4.69, 9.17) is 0 Å². The average molecular weight is 269 g/mol. The number of aryl methyl sites for hydroxylation is 2. The zero-order chi connectivity index (χ0) is 13.5. The van der Waals surface area contributed by atoms with Gasteiger partial charge in [0.2, 0.25) is 5.91 Å². The number of fused-ring (bicyclic) bond motifs is 3. The smallest absolute Gasteiger partial charge is 0.224 e. The molecule has 2 nitrogen and oxygen atoms in total. The molecule has 2 saturated carbocycles. The van der Waals surface area contributed by atoms with Crippen LogP contribution in [0.15, 0.2) is 18.2 Å². The normalized spacial score (nSPS) is 30.5. The minimum absolute atomic E-state index is 0.223. The minimum atomic E-state index is 0.223. The summed E-state index contributed by atoms with van der Waals surface area (Å²) in [6, 6.07) is 6.44. The van der Waals surface area contributed by atoms with Gasteiger partial charge in [0, 0.05) is 12.1 Å². The van der Waals surface area contributed by atoms with Gasteiger partial charge in [0.25, 0.3) is 0 Å². The average Bonchev–Trinajstić information content (AvgIpc) is 3.13. The van der Waals surface area contributed by atoms with Crippen LogP contribution < -0.4 is 5.32 Å². The van der Waals surface area contributed by atoms with E-state index < -0.39 is 0 Å². The molecule has 1 aromatic rings. The van der Waals surface area contributed by atoms with Gasteiger partial charge in [0.15, 0.2) is 0 Å². The molecular weight excluding hydrogens is 246 g/mol. The SMILES string of the molecule is O=C(C[C@H]1C[C@H]2CC[C@@H]1C2)Nc1ccc2c(c1)CCC2. The van der Waals surface area contributed by atoms with Crippen molar-refractivity contribution in [3.63, 3.8) is 0 Å². The lowest BCUT2D eigenvalue weighted by atomic mass is 9.86. The predicted octanol–water partition coefficient (Wildman–Crippen LogP) is 3.94. The zero-order valence-corrected chi connectivity index (χ0v) is 12.0. The molecule has 0 aliphatic heterocycles. The highest BCUT2D eigenvalue weighted by Crippen LogP contribution is 2.49. The van der Waals surface area contributed by atoms with Gasteiger partial charge in [0.05, 0.1) is 0 Å². The van der Waals surface area contributed by atoms with E-state index in [-0.39, 0.29) is 5.91 Å². The van der Waals surface area contributed by atoms with Crippen LogP contribution in [-0.2, 0) is 17.6 Å². The molecule has 2 bridgehead atoms. The van der Waals surface area contributed by atoms with E-state index in [0.717, 1.165) is 23.9 Å². The van der Waals surface area contributed by atoms with Crippen LogP contribution in [-0.4, -0.2) is 5.91 Å². The Bertz CT molecular complexity index is 536. The minimum Gasteiger partial charge on any atom is -0.326 e. The lowest BCUT2D eigenvalue weighted by molar-refractivity contribution is -0.117. The van der Waals surface area contributed by atoms with E-state index in [1.54, 1.807) is 0 Å². The van der Waals surface area contributed by atoms with Crippen molar-refractivity contribution in [1.82, 2.24) is 0 Å². The summed E-state index contributed by atoms with van der Waals surface area (Å²) in [6.07, 6.45) is 9.82. The molecule has 3 atom stereocenters. The van der Waals surface area contributed by atoms with Gasteiger partial charge in [-0.1, -0.05) is 12.5 Å². The zero-order valence-electron chi connectivity index (χ0n) is 12.0. The van der Waals surface area contributed by atoms with Gasteiger partial charge in [-0.3, -0.25) is 4.79 Å². The number of nitrogens with one attached hydrogen (secondary N) is 1. The molecular formula is C18H23NO. The first-order chi connectivity index (χ1) is 9.78. The molecule has 0 saturated heterocycles. The van der Waals surface area contributed by atoms with Gasteiger partial charge in [0.1, 0.15) is 0 Å². The Morgan fingerprint density at radius 3 is 2.85 bits per heavy atom. The van der Waals surface area contributed by atoms with Gasteiger partial charge >= 0.3 is 0 Å². The quantitative estimate of drug-likeness (QED) is 0.884. The summed E-state index contributed by atoms with van der Waals surface area (Å²) in [4.78, 5) is 12.2. The number of hydrogen-bond donors (Lipinski definition) is 1. The van der Waals surface area contributed by atoms with Gasteiger partial charge < -0.3 is 5.32 Å². The first kappa shape index (κ1) is 12.4. The van der Waals surface area contributed by atoms with Crippen molar-refractivity contribution in [1.29, 1.82) is 0 Å². The number of carbonyl (C=O) groups is 1. The summed E-state index contributed by atoms with van der Waals surface area (Å²) >= 11 is 0. The lowest BCUT2D eigenvalue weighted by Gasteiger charge is -2.21. The molecule has 4 rings (SSSR count). The second-order valence-electron chi connectivity index (χ2n) is 7.02. The molecule has 0 aromatic heterocycles. The van der Waals surface area contributed by atoms with Crippen molar-refractivity contribution in [3.05, 3.63) is 29.3 Å². The van der Waals surface area contributed by atoms with Crippen molar-refractivity contribution in [2.24, 2.45) is 17.8 Å². The van der Waals surface area contributed by atoms with E-state index >= 15 is 0 Å². The van der Waals surface area contributed by atoms with Crippen LogP contribution in [0, 0.1) is 17.8 Å². The van der Waals surface area contributed by atoms with E-state index in [0.29, 0.717) is 5.92 Å². The molecule has 3 aliphatic carbocycles. The fraction of sp³-hybridized carbons (Fsp3) is 0.611. The van der Waals surface area contributed by atoms with Crippen LogP contribution in [0.1, 0.15) is 49.7 Å². The third-order valence-electron chi connectivity index (χ3n) is 5.71. The first-order valence-corrected chi connectivity index (χ1v) is 8.19. The van der Waals surface area contributed by atoms with E-state index in [9.17, 15) is 4.79 Å². The Hall–Kier alpha value is -1.31. The van der Waals surface area contributed by atoms with Crippen LogP contribution in [0.2, 0.25) is 0 Å². The summed E-state index contributed by atoms with van der Waals surface area (Å²) in [6.45, 7) is 0. The maximum atomic E-state index is 12.2. The summed E-state index contributed by atoms with van der Waals surface area (Å²) in [7, 11) is 0. The number of amides is 1. The third kappa shape index (κ3) is 2.25. The van der Waals surface area contributed by atoms with Gasteiger partial charge in [-0.15, -0.1) is 0 Å². The summed E-state index contributed by atoms with van der Waals surface area (Å²) in [5.41, 5.74) is 3.90. The monoisotopic (exact) mass is 269 g/mol. The molecule has 2 heteroatoms. The maximum absolute atomic E-state index is 12.2. The highest BCUT2D eigenvalue weighted by molar-refractivity contribution is 5.91. The molecule has 106 valence electrons. The Kier molecular flexibility index (Phi) is 3.05. The first-order valence-electron chi connectivity index (χ1n) is 8.19. The number of anilines is 1. The molecule has 1 N–H and O–H groups in total. The second-order valence-corrected chi connectivity index (χ2v) is 7.02. The van der Waals surface area contributed by atoms with Gasteiger partial charge in [-0.25, -0.2) is 0 Å².